The SMILES string of the molecule is NC(=O)[CH]c1ccc(Cl)s1. The predicted octanol–water partition coefficient (Wildman–Crippen LogP) is 1.44. The lowest BCUT2D eigenvalue weighted by molar-refractivity contribution is -0.114. The van der Waals surface area contributed by atoms with Gasteiger partial charge in [0.05, 0.1) is 10.8 Å². The topological polar surface area (TPSA) is 43.1 Å². The Balaban J connectivity index is 2.67. The third kappa shape index (κ3) is 2.01. The van der Waals surface area contributed by atoms with Gasteiger partial charge in [0.2, 0.25) is 5.91 Å². The van der Waals surface area contributed by atoms with Gasteiger partial charge in [-0.3, -0.25) is 4.79 Å². The number of halogens is 1. The molecule has 0 bridgehead atoms. The second-order valence-corrected chi connectivity index (χ2v) is 3.44. The Morgan fingerprint density at radius 3 is 2.80 bits per heavy atom. The van der Waals surface area contributed by atoms with E-state index in [4.69, 9.17) is 17.3 Å². The average molecular weight is 175 g/mol. The van der Waals surface area contributed by atoms with E-state index in [-0.39, 0.29) is 0 Å². The fraction of sp³-hybridized carbons (Fsp3) is 0. The van der Waals surface area contributed by atoms with E-state index < -0.39 is 5.91 Å². The van der Waals surface area contributed by atoms with Crippen LogP contribution in [0, 0.1) is 6.42 Å². The molecule has 2 N–H and O–H groups in total. The predicted molar refractivity (Wildman–Crippen MR) is 41.9 cm³/mol. The summed E-state index contributed by atoms with van der Waals surface area (Å²) in [4.78, 5) is 11.1. The van der Waals surface area contributed by atoms with Crippen molar-refractivity contribution in [3.63, 3.8) is 0 Å². The molecule has 0 fully saturated rings. The first-order valence-electron chi connectivity index (χ1n) is 2.58. The summed E-state index contributed by atoms with van der Waals surface area (Å²) in [5.74, 6) is -0.446. The van der Waals surface area contributed by atoms with E-state index in [1.807, 2.05) is 0 Å². The number of hydrogen-bond donors (Lipinski definition) is 1. The van der Waals surface area contributed by atoms with Gasteiger partial charge in [-0.15, -0.1) is 11.3 Å². The van der Waals surface area contributed by atoms with E-state index in [0.717, 1.165) is 4.88 Å². The second-order valence-electron chi connectivity index (χ2n) is 1.69. The Hall–Kier alpha value is -0.540. The number of hydrogen-bond acceptors (Lipinski definition) is 2. The number of carbonyl (C=O) groups excluding carboxylic acids is 1. The molecule has 1 aromatic rings. The monoisotopic (exact) mass is 174 g/mol. The van der Waals surface area contributed by atoms with Crippen molar-refractivity contribution < 1.29 is 4.79 Å². The summed E-state index contributed by atoms with van der Waals surface area (Å²) >= 11 is 6.92. The van der Waals surface area contributed by atoms with Crippen molar-refractivity contribution in [2.24, 2.45) is 5.73 Å². The molecule has 4 heteroatoms. The molecule has 1 heterocycles. The lowest BCUT2D eigenvalue weighted by Gasteiger charge is -1.85. The third-order valence-corrected chi connectivity index (χ3v) is 2.06. The number of thiophene rings is 1. The van der Waals surface area contributed by atoms with Crippen molar-refractivity contribution in [3.05, 3.63) is 27.8 Å². The van der Waals surface area contributed by atoms with Crippen molar-refractivity contribution in [1.29, 1.82) is 0 Å². The van der Waals surface area contributed by atoms with E-state index in [0.29, 0.717) is 4.34 Å². The van der Waals surface area contributed by atoms with Crippen LogP contribution in [-0.4, -0.2) is 5.91 Å². The van der Waals surface area contributed by atoms with Gasteiger partial charge in [-0.25, -0.2) is 0 Å². The number of nitrogens with two attached hydrogens (primary N) is 1. The minimum absolute atomic E-state index is 0.446. The summed E-state index contributed by atoms with van der Waals surface area (Å²) in [6, 6.07) is 3.47. The number of primary amides is 1. The zero-order chi connectivity index (χ0) is 7.56. The molecule has 1 amide bonds. The van der Waals surface area contributed by atoms with Crippen molar-refractivity contribution in [2.75, 3.05) is 0 Å². The maximum Gasteiger partial charge on any atom is 0.226 e. The molecule has 0 saturated carbocycles. The van der Waals surface area contributed by atoms with Gasteiger partial charge in [0.1, 0.15) is 0 Å². The van der Waals surface area contributed by atoms with Gasteiger partial charge in [0.25, 0.3) is 0 Å². The molecule has 0 aliphatic heterocycles. The largest absolute Gasteiger partial charge is 0.369 e. The van der Waals surface area contributed by atoms with Crippen LogP contribution in [0.15, 0.2) is 12.1 Å². The van der Waals surface area contributed by atoms with Crippen LogP contribution < -0.4 is 5.73 Å². The van der Waals surface area contributed by atoms with Gasteiger partial charge < -0.3 is 5.73 Å². The Kier molecular flexibility index (Phi) is 2.29. The number of carbonyl (C=O) groups is 1. The van der Waals surface area contributed by atoms with Crippen LogP contribution in [0.3, 0.4) is 0 Å². The second kappa shape index (κ2) is 3.03. The smallest absolute Gasteiger partial charge is 0.226 e. The van der Waals surface area contributed by atoms with Gasteiger partial charge in [-0.05, 0) is 12.1 Å². The van der Waals surface area contributed by atoms with Crippen LogP contribution in [0.1, 0.15) is 4.88 Å². The van der Waals surface area contributed by atoms with Gasteiger partial charge in [-0.2, -0.15) is 0 Å². The maximum atomic E-state index is 10.3. The third-order valence-electron chi connectivity index (χ3n) is 0.879. The quantitative estimate of drug-likeness (QED) is 0.725. The molecule has 0 spiro atoms. The number of rotatable bonds is 2. The number of amides is 1. The molecule has 0 unspecified atom stereocenters. The minimum atomic E-state index is -0.446. The zero-order valence-corrected chi connectivity index (χ0v) is 6.58. The Morgan fingerprint density at radius 2 is 2.40 bits per heavy atom. The van der Waals surface area contributed by atoms with Crippen LogP contribution >= 0.6 is 22.9 Å². The van der Waals surface area contributed by atoms with Crippen molar-refractivity contribution >= 4 is 28.8 Å². The first kappa shape index (κ1) is 7.57. The Labute approximate surface area is 67.6 Å². The summed E-state index contributed by atoms with van der Waals surface area (Å²) in [5, 5.41) is 0. The van der Waals surface area contributed by atoms with Crippen LogP contribution in [-0.2, 0) is 4.79 Å². The van der Waals surface area contributed by atoms with E-state index in [9.17, 15) is 4.79 Å². The lowest BCUT2D eigenvalue weighted by Crippen LogP contribution is -2.10. The van der Waals surface area contributed by atoms with Crippen molar-refractivity contribution in [1.82, 2.24) is 0 Å². The van der Waals surface area contributed by atoms with E-state index in [2.05, 4.69) is 0 Å². The highest BCUT2D eigenvalue weighted by Crippen LogP contribution is 2.22. The summed E-state index contributed by atoms with van der Waals surface area (Å²) < 4.78 is 0.660. The van der Waals surface area contributed by atoms with Crippen molar-refractivity contribution in [2.45, 2.75) is 0 Å². The highest BCUT2D eigenvalue weighted by atomic mass is 35.5. The molecule has 0 aliphatic rings. The molecular weight excluding hydrogens is 170 g/mol. The maximum absolute atomic E-state index is 10.3. The molecule has 0 aliphatic carbocycles. The fourth-order valence-electron chi connectivity index (χ4n) is 0.546. The van der Waals surface area contributed by atoms with Gasteiger partial charge in [0, 0.05) is 4.88 Å². The van der Waals surface area contributed by atoms with Crippen molar-refractivity contribution in [3.8, 4) is 0 Å². The first-order valence-corrected chi connectivity index (χ1v) is 3.77. The molecule has 1 aromatic heterocycles. The van der Waals surface area contributed by atoms with Crippen LogP contribution in [0.25, 0.3) is 0 Å². The Morgan fingerprint density at radius 1 is 1.70 bits per heavy atom. The molecule has 0 atom stereocenters. The van der Waals surface area contributed by atoms with Gasteiger partial charge >= 0.3 is 0 Å². The molecule has 1 radical (unpaired) electrons. The van der Waals surface area contributed by atoms with Crippen LogP contribution in [0.4, 0.5) is 0 Å². The molecule has 0 aromatic carbocycles. The summed E-state index contributed by atoms with van der Waals surface area (Å²) in [6.07, 6.45) is 1.34. The van der Waals surface area contributed by atoms with E-state index in [1.165, 1.54) is 17.8 Å². The Bertz CT molecular complexity index is 246. The van der Waals surface area contributed by atoms with Gasteiger partial charge in [0.15, 0.2) is 0 Å². The zero-order valence-electron chi connectivity index (χ0n) is 5.00. The molecular formula is C6H5ClNOS. The lowest BCUT2D eigenvalue weighted by atomic mass is 10.3. The fourth-order valence-corrected chi connectivity index (χ4v) is 1.55. The average Bonchev–Trinajstić information content (AvgIpc) is 2.13. The summed E-state index contributed by atoms with van der Waals surface area (Å²) in [5.41, 5.74) is 4.90. The van der Waals surface area contributed by atoms with E-state index >= 15 is 0 Å². The summed E-state index contributed by atoms with van der Waals surface area (Å²) in [7, 11) is 0. The highest BCUT2D eigenvalue weighted by Gasteiger charge is 2.01. The first-order chi connectivity index (χ1) is 4.68. The van der Waals surface area contributed by atoms with Gasteiger partial charge in [-0.1, -0.05) is 11.6 Å². The summed E-state index contributed by atoms with van der Waals surface area (Å²) in [6.45, 7) is 0. The standard InChI is InChI=1S/C6H5ClNOS/c7-5-2-1-4(10-5)3-6(8)9/h1-3H,(H2,8,9). The van der Waals surface area contributed by atoms with Crippen LogP contribution in [0.2, 0.25) is 4.34 Å². The molecule has 0 saturated heterocycles. The highest BCUT2D eigenvalue weighted by molar-refractivity contribution is 7.16. The molecule has 53 valence electrons. The minimum Gasteiger partial charge on any atom is -0.369 e. The molecule has 10 heavy (non-hydrogen) atoms. The normalized spacial score (nSPS) is 9.70. The molecule has 2 nitrogen and oxygen atoms in total. The molecule has 1 rings (SSSR count). The van der Waals surface area contributed by atoms with Crippen LogP contribution in [0.5, 0.6) is 0 Å². The van der Waals surface area contributed by atoms with E-state index in [1.54, 1.807) is 12.1 Å².